The topological polar surface area (TPSA) is 30.5 Å². The molecule has 0 bridgehead atoms. The molecule has 0 amide bonds. The van der Waals surface area contributed by atoms with Gasteiger partial charge in [-0.3, -0.25) is 0 Å². The molecular weight excluding hydrogens is 258 g/mol. The maximum absolute atomic E-state index is 5.59. The van der Waals surface area contributed by atoms with Gasteiger partial charge in [0.2, 0.25) is 0 Å². The molecule has 1 aliphatic rings. The molecule has 0 radical (unpaired) electrons. The van der Waals surface area contributed by atoms with Crippen molar-refractivity contribution in [2.24, 2.45) is 0 Å². The lowest BCUT2D eigenvalue weighted by Gasteiger charge is -2.25. The smallest absolute Gasteiger partial charge is 0.132 e. The average molecular weight is 281 g/mol. The first kappa shape index (κ1) is 14.5. The fourth-order valence-electron chi connectivity index (χ4n) is 2.60. The Morgan fingerprint density at radius 3 is 2.63 bits per heavy atom. The van der Waals surface area contributed by atoms with Gasteiger partial charge in [-0.1, -0.05) is 6.92 Å². The number of rotatable bonds is 5. The molecular formula is C15H23NO2S. The third-order valence-corrected chi connectivity index (χ3v) is 4.47. The van der Waals surface area contributed by atoms with Gasteiger partial charge in [0.05, 0.1) is 19.1 Å². The van der Waals surface area contributed by atoms with E-state index in [1.54, 1.807) is 26.0 Å². The second-order valence-corrected chi connectivity index (χ2v) is 6.03. The van der Waals surface area contributed by atoms with Crippen molar-refractivity contribution >= 4 is 11.8 Å². The van der Waals surface area contributed by atoms with Crippen LogP contribution in [0.3, 0.4) is 0 Å². The summed E-state index contributed by atoms with van der Waals surface area (Å²) in [5.74, 6) is 3.51. The van der Waals surface area contributed by atoms with E-state index in [-0.39, 0.29) is 0 Å². The summed E-state index contributed by atoms with van der Waals surface area (Å²) in [4.78, 5) is 1.16. The Morgan fingerprint density at radius 2 is 2.05 bits per heavy atom. The minimum Gasteiger partial charge on any atom is -0.496 e. The van der Waals surface area contributed by atoms with Crippen molar-refractivity contribution in [2.45, 2.75) is 30.6 Å². The summed E-state index contributed by atoms with van der Waals surface area (Å²) >= 11 is 1.79. The number of thioether (sulfide) groups is 1. The molecule has 1 aromatic rings. The van der Waals surface area contributed by atoms with Crippen molar-refractivity contribution in [3.63, 3.8) is 0 Å². The third-order valence-electron chi connectivity index (χ3n) is 3.55. The van der Waals surface area contributed by atoms with Crippen LogP contribution in [0.25, 0.3) is 0 Å². The van der Waals surface area contributed by atoms with E-state index < -0.39 is 0 Å². The van der Waals surface area contributed by atoms with Gasteiger partial charge >= 0.3 is 0 Å². The molecule has 19 heavy (non-hydrogen) atoms. The lowest BCUT2D eigenvalue weighted by Crippen LogP contribution is -2.28. The van der Waals surface area contributed by atoms with E-state index in [9.17, 15) is 0 Å². The summed E-state index contributed by atoms with van der Waals surface area (Å²) < 4.78 is 11.1. The number of hydrogen-bond donors (Lipinski definition) is 1. The van der Waals surface area contributed by atoms with Crippen LogP contribution in [0.15, 0.2) is 17.0 Å². The van der Waals surface area contributed by atoms with E-state index in [1.807, 2.05) is 0 Å². The van der Waals surface area contributed by atoms with Gasteiger partial charge in [-0.2, -0.15) is 0 Å². The number of benzene rings is 1. The van der Waals surface area contributed by atoms with Crippen LogP contribution in [0.5, 0.6) is 11.5 Å². The monoisotopic (exact) mass is 281 g/mol. The van der Waals surface area contributed by atoms with E-state index >= 15 is 0 Å². The Bertz CT molecular complexity index is 417. The third kappa shape index (κ3) is 3.37. The molecule has 1 aliphatic heterocycles. The van der Waals surface area contributed by atoms with Crippen molar-refractivity contribution in [1.82, 2.24) is 5.32 Å². The van der Waals surface area contributed by atoms with Crippen molar-refractivity contribution in [3.05, 3.63) is 17.7 Å². The van der Waals surface area contributed by atoms with Gasteiger partial charge in [0.25, 0.3) is 0 Å². The molecule has 1 N–H and O–H groups in total. The van der Waals surface area contributed by atoms with Crippen molar-refractivity contribution < 1.29 is 9.47 Å². The zero-order valence-corrected chi connectivity index (χ0v) is 12.8. The van der Waals surface area contributed by atoms with Crippen LogP contribution in [0.2, 0.25) is 0 Å². The van der Waals surface area contributed by atoms with Gasteiger partial charge in [-0.25, -0.2) is 0 Å². The van der Waals surface area contributed by atoms with Gasteiger partial charge in [0, 0.05) is 18.0 Å². The number of hydrogen-bond acceptors (Lipinski definition) is 4. The highest BCUT2D eigenvalue weighted by molar-refractivity contribution is 7.99. The molecule has 106 valence electrons. The van der Waals surface area contributed by atoms with Crippen LogP contribution in [0, 0.1) is 0 Å². The van der Waals surface area contributed by atoms with E-state index in [0.29, 0.717) is 5.92 Å². The molecule has 4 heteroatoms. The highest BCUT2D eigenvalue weighted by atomic mass is 32.2. The summed E-state index contributed by atoms with van der Waals surface area (Å²) in [7, 11) is 3.49. The van der Waals surface area contributed by atoms with Crippen molar-refractivity contribution in [1.29, 1.82) is 0 Å². The molecule has 0 aliphatic carbocycles. The Balaban J connectivity index is 2.35. The van der Waals surface area contributed by atoms with Gasteiger partial charge in [-0.05, 0) is 37.3 Å². The predicted molar refractivity (Wildman–Crippen MR) is 80.8 cm³/mol. The lowest BCUT2D eigenvalue weighted by atomic mass is 9.91. The molecule has 1 aromatic carbocycles. The van der Waals surface area contributed by atoms with Crippen LogP contribution < -0.4 is 14.8 Å². The molecule has 0 aromatic heterocycles. The molecule has 1 atom stereocenters. The first-order valence-corrected chi connectivity index (χ1v) is 7.88. The zero-order valence-electron chi connectivity index (χ0n) is 12.0. The van der Waals surface area contributed by atoms with Crippen LogP contribution >= 0.6 is 11.8 Å². The summed E-state index contributed by atoms with van der Waals surface area (Å²) in [6.45, 7) is 4.30. The first-order chi connectivity index (χ1) is 9.30. The average Bonchev–Trinajstić information content (AvgIpc) is 2.48. The number of ether oxygens (including phenoxy) is 2. The Labute approximate surface area is 120 Å². The molecule has 1 fully saturated rings. The maximum atomic E-state index is 5.59. The lowest BCUT2D eigenvalue weighted by molar-refractivity contribution is 0.378. The summed E-state index contributed by atoms with van der Waals surface area (Å²) in [6, 6.07) is 4.28. The molecule has 3 nitrogen and oxygen atoms in total. The van der Waals surface area contributed by atoms with E-state index in [2.05, 4.69) is 24.4 Å². The highest BCUT2D eigenvalue weighted by Crippen LogP contribution is 2.40. The number of piperidine rings is 1. The van der Waals surface area contributed by atoms with Gasteiger partial charge in [-0.15, -0.1) is 11.8 Å². The molecule has 0 saturated carbocycles. The largest absolute Gasteiger partial charge is 0.496 e. The summed E-state index contributed by atoms with van der Waals surface area (Å²) in [5.41, 5.74) is 1.27. The minimum atomic E-state index is 0.526. The van der Waals surface area contributed by atoms with Crippen molar-refractivity contribution in [3.8, 4) is 11.5 Å². The molecule has 2 rings (SSSR count). The minimum absolute atomic E-state index is 0.526. The SMILES string of the molecule is CCSc1cc(OC)c(C2CCCNC2)cc1OC. The van der Waals surface area contributed by atoms with Crippen LogP contribution in [0.4, 0.5) is 0 Å². The van der Waals surface area contributed by atoms with Crippen LogP contribution in [0.1, 0.15) is 31.2 Å². The molecule has 0 spiro atoms. The zero-order chi connectivity index (χ0) is 13.7. The Kier molecular flexibility index (Phi) is 5.40. The number of methoxy groups -OCH3 is 2. The summed E-state index contributed by atoms with van der Waals surface area (Å²) in [6.07, 6.45) is 2.44. The predicted octanol–water partition coefficient (Wildman–Crippen LogP) is 3.28. The quantitative estimate of drug-likeness (QED) is 0.839. The van der Waals surface area contributed by atoms with E-state index in [0.717, 1.165) is 35.2 Å². The maximum Gasteiger partial charge on any atom is 0.132 e. The van der Waals surface area contributed by atoms with Gasteiger partial charge in [0.15, 0.2) is 0 Å². The van der Waals surface area contributed by atoms with Gasteiger partial charge in [0.1, 0.15) is 11.5 Å². The van der Waals surface area contributed by atoms with Crippen LogP contribution in [-0.2, 0) is 0 Å². The van der Waals surface area contributed by atoms with Gasteiger partial charge < -0.3 is 14.8 Å². The Hall–Kier alpha value is -0.870. The van der Waals surface area contributed by atoms with Crippen molar-refractivity contribution in [2.75, 3.05) is 33.1 Å². The van der Waals surface area contributed by atoms with E-state index in [1.165, 1.54) is 18.4 Å². The fraction of sp³-hybridized carbons (Fsp3) is 0.600. The second-order valence-electron chi connectivity index (χ2n) is 4.72. The standard InChI is InChI=1S/C15H23NO2S/c1-4-19-15-9-13(17-2)12(8-14(15)18-3)11-6-5-7-16-10-11/h8-9,11,16H,4-7,10H2,1-3H3. The second kappa shape index (κ2) is 7.06. The molecule has 1 heterocycles. The Morgan fingerprint density at radius 1 is 1.26 bits per heavy atom. The number of nitrogens with one attached hydrogen (secondary N) is 1. The van der Waals surface area contributed by atoms with E-state index in [4.69, 9.17) is 9.47 Å². The summed E-state index contributed by atoms with van der Waals surface area (Å²) in [5, 5.41) is 3.46. The normalized spacial score (nSPS) is 19.2. The molecule has 1 unspecified atom stereocenters. The van der Waals surface area contributed by atoms with Crippen LogP contribution in [-0.4, -0.2) is 33.1 Å². The fourth-order valence-corrected chi connectivity index (χ4v) is 3.38. The molecule has 1 saturated heterocycles. The highest BCUT2D eigenvalue weighted by Gasteiger charge is 2.21. The first-order valence-electron chi connectivity index (χ1n) is 6.89.